The Morgan fingerprint density at radius 2 is 1.74 bits per heavy atom. The number of hydrogen-bond acceptors (Lipinski definition) is 5. The summed E-state index contributed by atoms with van der Waals surface area (Å²) in [6.07, 6.45) is 5.30. The van der Waals surface area contributed by atoms with Crippen LogP contribution in [0.2, 0.25) is 0 Å². The summed E-state index contributed by atoms with van der Waals surface area (Å²) in [6.45, 7) is 3.28. The average molecular weight is 525 g/mol. The number of aromatic nitrogens is 5. The number of nitrogens with zero attached hydrogens (tertiary/aromatic N) is 5. The molecular formula is C30H32N6O3. The van der Waals surface area contributed by atoms with E-state index in [1.54, 1.807) is 28.6 Å². The first-order chi connectivity index (χ1) is 19.1. The molecule has 6 rings (SSSR count). The van der Waals surface area contributed by atoms with Crippen molar-refractivity contribution < 1.29 is 9.53 Å². The molecule has 1 saturated carbocycles. The maximum Gasteiger partial charge on any atom is 0.333 e. The summed E-state index contributed by atoms with van der Waals surface area (Å²) in [5.41, 5.74) is 3.87. The van der Waals surface area contributed by atoms with Crippen LogP contribution < -0.4 is 15.7 Å². The quantitative estimate of drug-likeness (QED) is 0.337. The molecule has 1 amide bonds. The Balaban J connectivity index is 1.17. The van der Waals surface area contributed by atoms with E-state index in [1.165, 1.54) is 0 Å². The molecule has 0 radical (unpaired) electrons. The third-order valence-corrected chi connectivity index (χ3v) is 7.81. The van der Waals surface area contributed by atoms with Crippen molar-refractivity contribution in [2.45, 2.75) is 51.7 Å². The molecule has 9 heteroatoms. The van der Waals surface area contributed by atoms with Crippen molar-refractivity contribution in [2.24, 2.45) is 5.92 Å². The molecule has 200 valence electrons. The molecule has 3 aromatic heterocycles. The molecule has 0 atom stereocenters. The molecule has 1 aliphatic carbocycles. The third-order valence-electron chi connectivity index (χ3n) is 7.81. The van der Waals surface area contributed by atoms with Gasteiger partial charge in [0.15, 0.2) is 0 Å². The molecule has 0 spiro atoms. The summed E-state index contributed by atoms with van der Waals surface area (Å²) >= 11 is 0. The Kier molecular flexibility index (Phi) is 6.64. The van der Waals surface area contributed by atoms with Crippen LogP contribution in [0.4, 0.5) is 0 Å². The minimum absolute atomic E-state index is 0.0682. The zero-order valence-electron chi connectivity index (χ0n) is 22.2. The first-order valence-corrected chi connectivity index (χ1v) is 13.5. The number of imidazole rings is 1. The Hall–Kier alpha value is -4.40. The number of nitrogens with one attached hydrogen (secondary N) is 1. The van der Waals surface area contributed by atoms with Crippen LogP contribution in [0.1, 0.15) is 43.1 Å². The van der Waals surface area contributed by atoms with Crippen molar-refractivity contribution >= 4 is 27.8 Å². The second-order valence-electron chi connectivity index (χ2n) is 10.1. The van der Waals surface area contributed by atoms with E-state index in [-0.39, 0.29) is 17.6 Å². The number of fused-ring (bicyclic) bond motifs is 2. The summed E-state index contributed by atoms with van der Waals surface area (Å²) in [5, 5.41) is 8.72. The fraction of sp³-hybridized carbons (Fsp3) is 0.333. The van der Waals surface area contributed by atoms with E-state index in [9.17, 15) is 9.59 Å². The number of methoxy groups -OCH3 is 1. The molecule has 5 aromatic rings. The van der Waals surface area contributed by atoms with Crippen molar-refractivity contribution in [1.29, 1.82) is 0 Å². The fourth-order valence-corrected chi connectivity index (χ4v) is 5.81. The molecule has 0 bridgehead atoms. The Labute approximate surface area is 226 Å². The first kappa shape index (κ1) is 24.9. The van der Waals surface area contributed by atoms with Crippen LogP contribution in [0.5, 0.6) is 5.88 Å². The molecule has 1 N–H and O–H groups in total. The number of amides is 1. The van der Waals surface area contributed by atoms with Crippen LogP contribution in [0.3, 0.4) is 0 Å². The predicted molar refractivity (Wildman–Crippen MR) is 151 cm³/mol. The largest absolute Gasteiger partial charge is 0.481 e. The molecule has 0 unspecified atom stereocenters. The van der Waals surface area contributed by atoms with E-state index in [1.807, 2.05) is 66.1 Å². The number of hydrogen-bond donors (Lipinski definition) is 1. The highest BCUT2D eigenvalue weighted by Gasteiger charge is 2.27. The van der Waals surface area contributed by atoms with E-state index >= 15 is 0 Å². The number of para-hydroxylation sites is 2. The highest BCUT2D eigenvalue weighted by molar-refractivity contribution is 6.05. The topological polar surface area (TPSA) is 96.0 Å². The Bertz CT molecular complexity index is 1690. The van der Waals surface area contributed by atoms with E-state index in [0.717, 1.165) is 47.6 Å². The van der Waals surface area contributed by atoms with Gasteiger partial charge >= 0.3 is 5.69 Å². The van der Waals surface area contributed by atoms with Crippen molar-refractivity contribution in [1.82, 2.24) is 29.2 Å². The van der Waals surface area contributed by atoms with E-state index in [0.29, 0.717) is 36.3 Å². The van der Waals surface area contributed by atoms with Gasteiger partial charge in [0.25, 0.3) is 5.91 Å². The number of ether oxygens (including phenoxy) is 1. The molecule has 3 heterocycles. The fourth-order valence-electron chi connectivity index (χ4n) is 5.81. The second-order valence-corrected chi connectivity index (χ2v) is 10.1. The molecular weight excluding hydrogens is 492 g/mol. The lowest BCUT2D eigenvalue weighted by molar-refractivity contribution is 0.0911. The van der Waals surface area contributed by atoms with E-state index in [2.05, 4.69) is 15.4 Å². The van der Waals surface area contributed by atoms with Gasteiger partial charge in [-0.2, -0.15) is 5.10 Å². The van der Waals surface area contributed by atoms with Crippen LogP contribution in [-0.2, 0) is 13.1 Å². The molecule has 1 fully saturated rings. The molecule has 39 heavy (non-hydrogen) atoms. The summed E-state index contributed by atoms with van der Waals surface area (Å²) < 4.78 is 10.6. The SMILES string of the molecule is CCn1nc2ccccc2c1C(=O)NC1CCC(Cn2c(=O)n(-c3ccc(OC)nc3)c3ccccc32)CC1. The summed E-state index contributed by atoms with van der Waals surface area (Å²) in [7, 11) is 1.57. The monoisotopic (exact) mass is 524 g/mol. The number of carbonyl (C=O) groups excluding carboxylic acids is 1. The number of benzene rings is 2. The van der Waals surface area contributed by atoms with Crippen LogP contribution in [-0.4, -0.2) is 43.0 Å². The minimum atomic E-state index is -0.0710. The number of aryl methyl sites for hydroxylation is 1. The molecule has 0 aliphatic heterocycles. The van der Waals surface area contributed by atoms with Gasteiger partial charge in [0.1, 0.15) is 5.69 Å². The van der Waals surface area contributed by atoms with Crippen LogP contribution >= 0.6 is 0 Å². The van der Waals surface area contributed by atoms with Gasteiger partial charge in [-0.1, -0.05) is 30.3 Å². The van der Waals surface area contributed by atoms with Crippen LogP contribution in [0, 0.1) is 5.92 Å². The second kappa shape index (κ2) is 10.4. The maximum atomic E-state index is 13.6. The van der Waals surface area contributed by atoms with Crippen molar-refractivity contribution in [2.75, 3.05) is 7.11 Å². The lowest BCUT2D eigenvalue weighted by atomic mass is 9.86. The summed E-state index contributed by atoms with van der Waals surface area (Å²) in [5.74, 6) is 0.791. The first-order valence-electron chi connectivity index (χ1n) is 13.5. The van der Waals surface area contributed by atoms with Gasteiger partial charge in [-0.25, -0.2) is 9.78 Å². The number of pyridine rings is 1. The van der Waals surface area contributed by atoms with Gasteiger partial charge in [-0.05, 0) is 62.8 Å². The van der Waals surface area contributed by atoms with Crippen molar-refractivity contribution in [3.8, 4) is 11.6 Å². The lowest BCUT2D eigenvalue weighted by Gasteiger charge is -2.29. The average Bonchev–Trinajstić information content (AvgIpc) is 3.49. The standard InChI is InChI=1S/C30H32N6O3/c1-3-35-28(23-8-4-5-9-24(23)33-35)29(37)32-21-14-12-20(13-15-21)19-34-25-10-6-7-11-26(25)36(30(34)38)22-16-17-27(39-2)31-18-22/h4-11,16-18,20-21H,3,12-15,19H2,1-2H3,(H,32,37). The van der Waals surface area contributed by atoms with E-state index < -0.39 is 0 Å². The van der Waals surface area contributed by atoms with Gasteiger partial charge in [-0.3, -0.25) is 18.6 Å². The van der Waals surface area contributed by atoms with Crippen molar-refractivity contribution in [3.63, 3.8) is 0 Å². The van der Waals surface area contributed by atoms with Gasteiger partial charge in [0.2, 0.25) is 5.88 Å². The zero-order chi connectivity index (χ0) is 26.9. The predicted octanol–water partition coefficient (Wildman–Crippen LogP) is 4.55. The third kappa shape index (κ3) is 4.58. The van der Waals surface area contributed by atoms with Crippen molar-refractivity contribution in [3.05, 3.63) is 83.0 Å². The minimum Gasteiger partial charge on any atom is -0.481 e. The molecule has 9 nitrogen and oxygen atoms in total. The highest BCUT2D eigenvalue weighted by Crippen LogP contribution is 2.28. The summed E-state index contributed by atoms with van der Waals surface area (Å²) in [6, 6.07) is 19.4. The molecule has 2 aromatic carbocycles. The molecule has 0 saturated heterocycles. The maximum absolute atomic E-state index is 13.6. The smallest absolute Gasteiger partial charge is 0.333 e. The van der Waals surface area contributed by atoms with Gasteiger partial charge in [-0.15, -0.1) is 0 Å². The summed E-state index contributed by atoms with van der Waals surface area (Å²) in [4.78, 5) is 31.2. The van der Waals surface area contributed by atoms with Crippen LogP contribution in [0.15, 0.2) is 71.7 Å². The zero-order valence-corrected chi connectivity index (χ0v) is 22.2. The number of rotatable bonds is 7. The van der Waals surface area contributed by atoms with E-state index in [4.69, 9.17) is 4.74 Å². The van der Waals surface area contributed by atoms with Crippen LogP contribution in [0.25, 0.3) is 27.6 Å². The molecule has 1 aliphatic rings. The Morgan fingerprint density at radius 3 is 2.46 bits per heavy atom. The van der Waals surface area contributed by atoms with Gasteiger partial charge < -0.3 is 10.1 Å². The number of carbonyl (C=O) groups is 1. The highest BCUT2D eigenvalue weighted by atomic mass is 16.5. The van der Waals surface area contributed by atoms with Gasteiger partial charge in [0, 0.05) is 30.6 Å². The normalized spacial score (nSPS) is 17.5. The Morgan fingerprint density at radius 1 is 1.00 bits per heavy atom. The lowest BCUT2D eigenvalue weighted by Crippen LogP contribution is -2.39. The van der Waals surface area contributed by atoms with Gasteiger partial charge in [0.05, 0.1) is 35.5 Å².